The quantitative estimate of drug-likeness (QED) is 0.875. The molecule has 0 spiro atoms. The van der Waals surface area contributed by atoms with Gasteiger partial charge >= 0.3 is 0 Å². The van der Waals surface area contributed by atoms with E-state index in [4.69, 9.17) is 0 Å². The summed E-state index contributed by atoms with van der Waals surface area (Å²) in [7, 11) is 0. The first kappa shape index (κ1) is 13.7. The number of carbonyl (C=O) groups is 2. The molecule has 0 saturated carbocycles. The van der Waals surface area contributed by atoms with E-state index in [9.17, 15) is 14.7 Å². The number of Topliss-reactive ketones (excluding diaryl/α,β-unsaturated/α-hetero) is 2. The lowest BCUT2D eigenvalue weighted by Crippen LogP contribution is -2.25. The Balaban J connectivity index is 2.33. The molecule has 21 heavy (non-hydrogen) atoms. The molecule has 1 aliphatic carbocycles. The molecule has 1 N–H and O–H groups in total. The van der Waals surface area contributed by atoms with E-state index < -0.39 is 11.6 Å². The lowest BCUT2D eigenvalue weighted by molar-refractivity contribution is 0.0808. The third-order valence-corrected chi connectivity index (χ3v) is 3.69. The van der Waals surface area contributed by atoms with Crippen LogP contribution in [0.25, 0.3) is 11.3 Å². The van der Waals surface area contributed by atoms with Crippen LogP contribution in [-0.4, -0.2) is 32.8 Å². The second kappa shape index (κ2) is 4.93. The van der Waals surface area contributed by atoms with Crippen molar-refractivity contribution in [1.29, 1.82) is 0 Å². The summed E-state index contributed by atoms with van der Waals surface area (Å²) in [6, 6.07) is 7.02. The van der Waals surface area contributed by atoms with Crippen LogP contribution >= 0.6 is 0 Å². The number of nitrogens with zero attached hydrogens (tertiary/aromatic N) is 2. The fourth-order valence-electron chi connectivity index (χ4n) is 2.77. The molecule has 0 fully saturated rings. The van der Waals surface area contributed by atoms with Crippen molar-refractivity contribution in [3.8, 4) is 11.3 Å². The third-order valence-electron chi connectivity index (χ3n) is 3.69. The average Bonchev–Trinajstić information content (AvgIpc) is 2.85. The highest BCUT2D eigenvalue weighted by molar-refractivity contribution is 6.52. The molecule has 2 aromatic rings. The zero-order chi connectivity index (χ0) is 15.1. The van der Waals surface area contributed by atoms with Gasteiger partial charge in [-0.1, -0.05) is 38.1 Å². The molecule has 1 aromatic carbocycles. The van der Waals surface area contributed by atoms with Crippen molar-refractivity contribution in [2.45, 2.75) is 26.3 Å². The molecule has 0 amide bonds. The van der Waals surface area contributed by atoms with E-state index in [0.29, 0.717) is 28.3 Å². The Morgan fingerprint density at radius 2 is 1.81 bits per heavy atom. The standard InChI is InChI=1S/C16H16N2O3/c1-9(2)16-17-12-10-5-3-4-6-11(10)14(20)15(21)13(12)18(16)7-8-19/h3-6,9,19H,7-8H2,1-2H3. The Kier molecular flexibility index (Phi) is 3.22. The SMILES string of the molecule is CC(C)c1nc2c(n1CCO)C(=O)C(=O)c1ccccc1-2. The summed E-state index contributed by atoms with van der Waals surface area (Å²) in [6.07, 6.45) is 0. The van der Waals surface area contributed by atoms with E-state index >= 15 is 0 Å². The molecule has 108 valence electrons. The summed E-state index contributed by atoms with van der Waals surface area (Å²) < 4.78 is 1.68. The summed E-state index contributed by atoms with van der Waals surface area (Å²) in [5.41, 5.74) is 1.94. The van der Waals surface area contributed by atoms with Crippen molar-refractivity contribution in [3.63, 3.8) is 0 Å². The number of benzene rings is 1. The molecule has 1 aliphatic rings. The molecule has 3 rings (SSSR count). The van der Waals surface area contributed by atoms with Gasteiger partial charge in [0.15, 0.2) is 0 Å². The van der Waals surface area contributed by atoms with E-state index in [1.54, 1.807) is 22.8 Å². The van der Waals surface area contributed by atoms with Crippen LogP contribution in [0.15, 0.2) is 24.3 Å². The van der Waals surface area contributed by atoms with Gasteiger partial charge in [0.1, 0.15) is 17.2 Å². The molecule has 5 nitrogen and oxygen atoms in total. The summed E-state index contributed by atoms with van der Waals surface area (Å²) >= 11 is 0. The molecule has 5 heteroatoms. The van der Waals surface area contributed by atoms with Gasteiger partial charge in [-0.2, -0.15) is 0 Å². The van der Waals surface area contributed by atoms with Crippen LogP contribution < -0.4 is 0 Å². The number of hydrogen-bond donors (Lipinski definition) is 1. The van der Waals surface area contributed by atoms with Crippen molar-refractivity contribution >= 4 is 11.6 Å². The van der Waals surface area contributed by atoms with Crippen molar-refractivity contribution in [2.24, 2.45) is 0 Å². The van der Waals surface area contributed by atoms with Gasteiger partial charge in [-0.05, 0) is 0 Å². The number of hydrogen-bond acceptors (Lipinski definition) is 4. The second-order valence-electron chi connectivity index (χ2n) is 5.40. The number of aromatic nitrogens is 2. The van der Waals surface area contributed by atoms with Gasteiger partial charge in [0.05, 0.1) is 6.61 Å². The van der Waals surface area contributed by atoms with E-state index in [1.807, 2.05) is 19.9 Å². The first-order valence-corrected chi connectivity index (χ1v) is 6.96. The Morgan fingerprint density at radius 3 is 2.43 bits per heavy atom. The maximum absolute atomic E-state index is 12.4. The normalized spacial score (nSPS) is 13.5. The Morgan fingerprint density at radius 1 is 1.14 bits per heavy atom. The molecule has 0 atom stereocenters. The van der Waals surface area contributed by atoms with Gasteiger partial charge in [0.25, 0.3) is 5.78 Å². The molecule has 0 aliphatic heterocycles. The predicted molar refractivity (Wildman–Crippen MR) is 77.5 cm³/mol. The number of aliphatic hydroxyl groups is 1. The minimum atomic E-state index is -0.545. The molecule has 0 bridgehead atoms. The lowest BCUT2D eigenvalue weighted by Gasteiger charge is -2.16. The summed E-state index contributed by atoms with van der Waals surface area (Å²) in [6.45, 7) is 4.10. The summed E-state index contributed by atoms with van der Waals surface area (Å²) in [5.74, 6) is -0.242. The smallest absolute Gasteiger partial charge is 0.252 e. The zero-order valence-corrected chi connectivity index (χ0v) is 12.0. The van der Waals surface area contributed by atoms with Gasteiger partial charge in [-0.25, -0.2) is 4.98 Å². The lowest BCUT2D eigenvalue weighted by atomic mass is 9.90. The molecule has 0 radical (unpaired) electrons. The maximum atomic E-state index is 12.4. The summed E-state index contributed by atoms with van der Waals surface area (Å²) in [5, 5.41) is 9.25. The Hall–Kier alpha value is -2.27. The van der Waals surface area contributed by atoms with Gasteiger partial charge in [-0.3, -0.25) is 9.59 Å². The van der Waals surface area contributed by atoms with E-state index in [-0.39, 0.29) is 19.1 Å². The number of imidazole rings is 1. The molecule has 1 heterocycles. The average molecular weight is 284 g/mol. The number of fused-ring (bicyclic) bond motifs is 3. The highest BCUT2D eigenvalue weighted by Gasteiger charge is 2.36. The monoisotopic (exact) mass is 284 g/mol. The molecule has 0 saturated heterocycles. The largest absolute Gasteiger partial charge is 0.395 e. The van der Waals surface area contributed by atoms with E-state index in [0.717, 1.165) is 0 Å². The molecular weight excluding hydrogens is 268 g/mol. The van der Waals surface area contributed by atoms with Crippen molar-refractivity contribution < 1.29 is 14.7 Å². The van der Waals surface area contributed by atoms with Crippen LogP contribution in [-0.2, 0) is 6.54 Å². The first-order valence-electron chi connectivity index (χ1n) is 6.96. The van der Waals surface area contributed by atoms with E-state index in [2.05, 4.69) is 4.98 Å². The fraction of sp³-hybridized carbons (Fsp3) is 0.312. The van der Waals surface area contributed by atoms with Crippen molar-refractivity contribution in [3.05, 3.63) is 41.3 Å². The van der Waals surface area contributed by atoms with Crippen LogP contribution in [0.2, 0.25) is 0 Å². The Labute approximate surface area is 122 Å². The van der Waals surface area contributed by atoms with Crippen molar-refractivity contribution in [2.75, 3.05) is 6.61 Å². The van der Waals surface area contributed by atoms with Gasteiger partial charge in [0, 0.05) is 23.6 Å². The van der Waals surface area contributed by atoms with Gasteiger partial charge in [0.2, 0.25) is 5.78 Å². The van der Waals surface area contributed by atoms with E-state index in [1.165, 1.54) is 0 Å². The number of rotatable bonds is 3. The topological polar surface area (TPSA) is 72.2 Å². The van der Waals surface area contributed by atoms with Crippen LogP contribution in [0.1, 0.15) is 46.4 Å². The van der Waals surface area contributed by atoms with Crippen LogP contribution in [0.3, 0.4) is 0 Å². The first-order chi connectivity index (χ1) is 10.1. The highest BCUT2D eigenvalue weighted by Crippen LogP contribution is 2.34. The third kappa shape index (κ3) is 1.93. The molecule has 1 aromatic heterocycles. The highest BCUT2D eigenvalue weighted by atomic mass is 16.3. The molecular formula is C16H16N2O3. The van der Waals surface area contributed by atoms with Crippen LogP contribution in [0, 0.1) is 0 Å². The Bertz CT molecular complexity index is 744. The minimum absolute atomic E-state index is 0.0946. The predicted octanol–water partition coefficient (Wildman–Crippen LogP) is 2.04. The van der Waals surface area contributed by atoms with Crippen LogP contribution in [0.5, 0.6) is 0 Å². The number of carbonyl (C=O) groups excluding carboxylic acids is 2. The maximum Gasteiger partial charge on any atom is 0.252 e. The zero-order valence-electron chi connectivity index (χ0n) is 12.0. The summed E-state index contributed by atoms with van der Waals surface area (Å²) in [4.78, 5) is 29.3. The van der Waals surface area contributed by atoms with Gasteiger partial charge < -0.3 is 9.67 Å². The number of ketones is 2. The fourth-order valence-corrected chi connectivity index (χ4v) is 2.77. The minimum Gasteiger partial charge on any atom is -0.395 e. The molecule has 0 unspecified atom stereocenters. The number of aliphatic hydroxyl groups excluding tert-OH is 1. The van der Waals surface area contributed by atoms with Gasteiger partial charge in [-0.15, -0.1) is 0 Å². The van der Waals surface area contributed by atoms with Crippen molar-refractivity contribution in [1.82, 2.24) is 9.55 Å². The van der Waals surface area contributed by atoms with Crippen LogP contribution in [0.4, 0.5) is 0 Å². The second-order valence-corrected chi connectivity index (χ2v) is 5.40.